The molecule has 0 aliphatic carbocycles. The van der Waals surface area contributed by atoms with Crippen LogP contribution in [-0.4, -0.2) is 33.1 Å². The predicted octanol–water partition coefficient (Wildman–Crippen LogP) is 3.44. The van der Waals surface area contributed by atoms with E-state index in [0.717, 1.165) is 16.8 Å². The van der Waals surface area contributed by atoms with Crippen molar-refractivity contribution in [1.29, 1.82) is 5.26 Å². The van der Waals surface area contributed by atoms with E-state index < -0.39 is 35.9 Å². The fourth-order valence-corrected chi connectivity index (χ4v) is 2.80. The molecular weight excluding hydrogens is 439 g/mol. The van der Waals surface area contributed by atoms with Gasteiger partial charge in [-0.05, 0) is 25.1 Å². The topological polar surface area (TPSA) is 124 Å². The quantitative estimate of drug-likeness (QED) is 0.343. The molecule has 1 heterocycles. The number of allylic oxidation sites excluding steroid dienone is 1. The van der Waals surface area contributed by atoms with E-state index in [4.69, 9.17) is 15.7 Å². The summed E-state index contributed by atoms with van der Waals surface area (Å²) in [7, 11) is 0. The van der Waals surface area contributed by atoms with E-state index in [1.54, 1.807) is 36.4 Å². The lowest BCUT2D eigenvalue weighted by molar-refractivity contribution is -0.137. The normalized spacial score (nSPS) is 12.0. The summed E-state index contributed by atoms with van der Waals surface area (Å²) in [6, 6.07) is 14.4. The standard InChI is InChI=1S/C22H16F3N5O3/c1-13(27)17(11-26)18(31)12-33-21(32)19-28-20(14-6-3-2-4-7-14)30(29-19)16-9-5-8-15(10-16)22(23,24)25/h2-10H,12,27H2,1H3/b17-13+. The highest BCUT2D eigenvalue weighted by Crippen LogP contribution is 2.31. The number of esters is 1. The summed E-state index contributed by atoms with van der Waals surface area (Å²) in [6.07, 6.45) is -4.58. The lowest BCUT2D eigenvalue weighted by Gasteiger charge is -2.10. The molecule has 2 N–H and O–H groups in total. The zero-order valence-electron chi connectivity index (χ0n) is 17.1. The summed E-state index contributed by atoms with van der Waals surface area (Å²) in [6.45, 7) is 0.567. The Balaban J connectivity index is 1.98. The van der Waals surface area contributed by atoms with Gasteiger partial charge < -0.3 is 10.5 Å². The van der Waals surface area contributed by atoms with Gasteiger partial charge in [0.2, 0.25) is 5.78 Å². The molecule has 1 aromatic heterocycles. The number of hydrogen-bond donors (Lipinski definition) is 1. The van der Waals surface area contributed by atoms with Crippen LogP contribution in [0.15, 0.2) is 65.9 Å². The summed E-state index contributed by atoms with van der Waals surface area (Å²) in [5.41, 5.74) is 4.65. The molecule has 0 atom stereocenters. The highest BCUT2D eigenvalue weighted by atomic mass is 19.4. The number of ketones is 1. The number of ether oxygens (including phenoxy) is 1. The van der Waals surface area contributed by atoms with Crippen molar-refractivity contribution in [2.45, 2.75) is 13.1 Å². The molecule has 0 unspecified atom stereocenters. The maximum Gasteiger partial charge on any atom is 0.416 e. The zero-order valence-corrected chi connectivity index (χ0v) is 17.1. The van der Waals surface area contributed by atoms with Crippen molar-refractivity contribution < 1.29 is 27.5 Å². The van der Waals surface area contributed by atoms with Crippen LogP contribution in [0, 0.1) is 11.3 Å². The lowest BCUT2D eigenvalue weighted by Crippen LogP contribution is -2.18. The molecule has 11 heteroatoms. The first-order valence-electron chi connectivity index (χ1n) is 9.38. The molecule has 0 aliphatic rings. The number of rotatable bonds is 6. The minimum atomic E-state index is -4.58. The molecule has 168 valence electrons. The van der Waals surface area contributed by atoms with Crippen LogP contribution < -0.4 is 5.73 Å². The maximum absolute atomic E-state index is 13.2. The second-order valence-corrected chi connectivity index (χ2v) is 6.75. The van der Waals surface area contributed by atoms with Crippen LogP contribution >= 0.6 is 0 Å². The van der Waals surface area contributed by atoms with E-state index in [-0.39, 0.29) is 22.8 Å². The minimum absolute atomic E-state index is 0.0137. The van der Waals surface area contributed by atoms with Crippen LogP contribution in [0.4, 0.5) is 13.2 Å². The third-order valence-corrected chi connectivity index (χ3v) is 4.36. The van der Waals surface area contributed by atoms with Crippen LogP contribution in [0.25, 0.3) is 17.1 Å². The maximum atomic E-state index is 13.2. The average molecular weight is 455 g/mol. The van der Waals surface area contributed by atoms with Crippen molar-refractivity contribution in [3.63, 3.8) is 0 Å². The Morgan fingerprint density at radius 3 is 2.45 bits per heavy atom. The number of benzene rings is 2. The van der Waals surface area contributed by atoms with Crippen molar-refractivity contribution in [1.82, 2.24) is 14.8 Å². The summed E-state index contributed by atoms with van der Waals surface area (Å²) in [4.78, 5) is 28.6. The van der Waals surface area contributed by atoms with Gasteiger partial charge in [0.15, 0.2) is 12.4 Å². The van der Waals surface area contributed by atoms with Crippen molar-refractivity contribution in [3.8, 4) is 23.1 Å². The van der Waals surface area contributed by atoms with Gasteiger partial charge in [0.1, 0.15) is 11.6 Å². The summed E-state index contributed by atoms with van der Waals surface area (Å²) < 4.78 is 45.5. The first-order chi connectivity index (χ1) is 15.6. The van der Waals surface area contributed by atoms with E-state index in [1.807, 2.05) is 0 Å². The summed E-state index contributed by atoms with van der Waals surface area (Å²) >= 11 is 0. The Hall–Kier alpha value is -4.46. The third-order valence-electron chi connectivity index (χ3n) is 4.36. The average Bonchev–Trinajstić information content (AvgIpc) is 3.23. The van der Waals surface area contributed by atoms with Gasteiger partial charge in [-0.25, -0.2) is 14.5 Å². The molecular formula is C22H16F3N5O3. The number of nitriles is 1. The fourth-order valence-electron chi connectivity index (χ4n) is 2.80. The molecule has 3 rings (SSSR count). The molecule has 33 heavy (non-hydrogen) atoms. The Kier molecular flexibility index (Phi) is 6.58. The molecule has 0 saturated heterocycles. The van der Waals surface area contributed by atoms with Crippen LogP contribution in [0.5, 0.6) is 0 Å². The molecule has 0 fully saturated rings. The van der Waals surface area contributed by atoms with Gasteiger partial charge in [-0.2, -0.15) is 18.4 Å². The Morgan fingerprint density at radius 2 is 1.85 bits per heavy atom. The van der Waals surface area contributed by atoms with Gasteiger partial charge in [-0.1, -0.05) is 36.4 Å². The summed E-state index contributed by atoms with van der Waals surface area (Å²) in [5.74, 6) is -2.31. The third kappa shape index (κ3) is 5.24. The van der Waals surface area contributed by atoms with E-state index in [1.165, 1.54) is 19.1 Å². The lowest BCUT2D eigenvalue weighted by atomic mass is 10.1. The van der Waals surface area contributed by atoms with Gasteiger partial charge in [-0.3, -0.25) is 4.79 Å². The van der Waals surface area contributed by atoms with Crippen molar-refractivity contribution >= 4 is 11.8 Å². The van der Waals surface area contributed by atoms with Gasteiger partial charge in [0, 0.05) is 11.3 Å². The monoisotopic (exact) mass is 455 g/mol. The Bertz CT molecular complexity index is 1270. The zero-order chi connectivity index (χ0) is 24.2. The number of nitrogens with two attached hydrogens (primary N) is 1. The molecule has 2 aromatic carbocycles. The fraction of sp³-hybridized carbons (Fsp3) is 0.136. The molecule has 0 saturated carbocycles. The molecule has 8 nitrogen and oxygen atoms in total. The van der Waals surface area contributed by atoms with Crippen LogP contribution in [0.2, 0.25) is 0 Å². The molecule has 0 radical (unpaired) electrons. The number of nitrogens with zero attached hydrogens (tertiary/aromatic N) is 4. The highest BCUT2D eigenvalue weighted by Gasteiger charge is 2.31. The molecule has 3 aromatic rings. The minimum Gasteiger partial charge on any atom is -0.451 e. The Labute approximate surface area is 185 Å². The van der Waals surface area contributed by atoms with E-state index in [2.05, 4.69) is 10.1 Å². The summed E-state index contributed by atoms with van der Waals surface area (Å²) in [5, 5.41) is 13.0. The second kappa shape index (κ2) is 9.35. The van der Waals surface area contributed by atoms with Crippen molar-refractivity contribution in [2.75, 3.05) is 6.61 Å². The molecule has 0 spiro atoms. The second-order valence-electron chi connectivity index (χ2n) is 6.75. The van der Waals surface area contributed by atoms with Gasteiger partial charge in [0.25, 0.3) is 5.82 Å². The predicted molar refractivity (Wildman–Crippen MR) is 110 cm³/mol. The Morgan fingerprint density at radius 1 is 1.15 bits per heavy atom. The van der Waals surface area contributed by atoms with Crippen LogP contribution in [0.1, 0.15) is 23.1 Å². The first-order valence-corrected chi connectivity index (χ1v) is 9.38. The number of carbonyl (C=O) groups excluding carboxylic acids is 2. The van der Waals surface area contributed by atoms with Crippen molar-refractivity contribution in [2.24, 2.45) is 5.73 Å². The van der Waals surface area contributed by atoms with Gasteiger partial charge >= 0.3 is 12.1 Å². The van der Waals surface area contributed by atoms with E-state index in [0.29, 0.717) is 5.56 Å². The van der Waals surface area contributed by atoms with Crippen LogP contribution in [-0.2, 0) is 15.7 Å². The number of hydrogen-bond acceptors (Lipinski definition) is 7. The first kappa shape index (κ1) is 23.2. The number of aromatic nitrogens is 3. The van der Waals surface area contributed by atoms with E-state index in [9.17, 15) is 22.8 Å². The van der Waals surface area contributed by atoms with E-state index >= 15 is 0 Å². The number of carbonyl (C=O) groups is 2. The van der Waals surface area contributed by atoms with Crippen molar-refractivity contribution in [3.05, 3.63) is 77.3 Å². The SMILES string of the molecule is C/C(N)=C(/C#N)C(=O)COC(=O)c1nc(-c2ccccc2)n(-c2cccc(C(F)(F)F)c2)n1. The number of halogens is 3. The molecule has 0 aliphatic heterocycles. The highest BCUT2D eigenvalue weighted by molar-refractivity contribution is 6.01. The smallest absolute Gasteiger partial charge is 0.416 e. The largest absolute Gasteiger partial charge is 0.451 e. The molecule has 0 bridgehead atoms. The van der Waals surface area contributed by atoms with Gasteiger partial charge in [0.05, 0.1) is 11.3 Å². The van der Waals surface area contributed by atoms with Gasteiger partial charge in [-0.15, -0.1) is 5.10 Å². The molecule has 0 amide bonds. The van der Waals surface area contributed by atoms with Crippen LogP contribution in [0.3, 0.4) is 0 Å². The number of Topliss-reactive ketones (excluding diaryl/α,β-unsaturated/α-hetero) is 1. The number of alkyl halides is 3.